The number of aromatic nitrogens is 2. The summed E-state index contributed by atoms with van der Waals surface area (Å²) >= 11 is 0. The maximum atomic E-state index is 5.88. The van der Waals surface area contributed by atoms with Crippen LogP contribution >= 0.6 is 0 Å². The second kappa shape index (κ2) is 6.12. The number of nitrogens with one attached hydrogen (secondary N) is 1. The van der Waals surface area contributed by atoms with E-state index < -0.39 is 0 Å². The monoisotopic (exact) mass is 283 g/mol. The highest BCUT2D eigenvalue weighted by molar-refractivity contribution is 5.69. The molecule has 4 nitrogen and oxygen atoms in total. The van der Waals surface area contributed by atoms with Gasteiger partial charge in [0.05, 0.1) is 11.8 Å². The number of anilines is 1. The summed E-state index contributed by atoms with van der Waals surface area (Å²) in [7, 11) is 1.90. The average molecular weight is 283 g/mol. The van der Waals surface area contributed by atoms with Crippen LogP contribution in [0.2, 0.25) is 0 Å². The first-order valence-corrected chi connectivity index (χ1v) is 7.60. The van der Waals surface area contributed by atoms with Crippen LogP contribution in [0.15, 0.2) is 30.6 Å². The quantitative estimate of drug-likeness (QED) is 0.878. The van der Waals surface area contributed by atoms with Gasteiger partial charge in [-0.3, -0.25) is 0 Å². The molecule has 0 spiro atoms. The molecule has 3 rings (SSSR count). The van der Waals surface area contributed by atoms with Gasteiger partial charge in [-0.15, -0.1) is 0 Å². The first-order chi connectivity index (χ1) is 10.3. The van der Waals surface area contributed by atoms with Crippen LogP contribution < -0.4 is 10.1 Å². The molecule has 0 bridgehead atoms. The van der Waals surface area contributed by atoms with E-state index in [-0.39, 0.29) is 0 Å². The summed E-state index contributed by atoms with van der Waals surface area (Å²) in [5.41, 5.74) is 3.26. The molecular weight excluding hydrogens is 262 g/mol. The predicted molar refractivity (Wildman–Crippen MR) is 84.7 cm³/mol. The van der Waals surface area contributed by atoms with Crippen molar-refractivity contribution in [2.75, 3.05) is 12.4 Å². The van der Waals surface area contributed by atoms with Crippen molar-refractivity contribution in [1.82, 2.24) is 9.97 Å². The zero-order valence-electron chi connectivity index (χ0n) is 12.6. The molecule has 1 aromatic carbocycles. The van der Waals surface area contributed by atoms with Crippen LogP contribution in [0.5, 0.6) is 5.75 Å². The van der Waals surface area contributed by atoms with Crippen LogP contribution in [-0.4, -0.2) is 23.1 Å². The lowest BCUT2D eigenvalue weighted by Crippen LogP contribution is -2.03. The predicted octanol–water partition coefficient (Wildman–Crippen LogP) is 3.68. The highest BCUT2D eigenvalue weighted by atomic mass is 16.5. The van der Waals surface area contributed by atoms with Gasteiger partial charge in [0.25, 0.3) is 0 Å². The van der Waals surface area contributed by atoms with E-state index >= 15 is 0 Å². The van der Waals surface area contributed by atoms with Gasteiger partial charge in [-0.25, -0.2) is 9.97 Å². The molecule has 1 fully saturated rings. The summed E-state index contributed by atoms with van der Waals surface area (Å²) in [6.07, 6.45) is 6.39. The van der Waals surface area contributed by atoms with Gasteiger partial charge >= 0.3 is 0 Å². The lowest BCUT2D eigenvalue weighted by Gasteiger charge is -2.13. The van der Waals surface area contributed by atoms with Crippen molar-refractivity contribution in [3.05, 3.63) is 36.2 Å². The zero-order chi connectivity index (χ0) is 14.7. The van der Waals surface area contributed by atoms with Crippen molar-refractivity contribution < 1.29 is 4.74 Å². The van der Waals surface area contributed by atoms with Gasteiger partial charge in [0.2, 0.25) is 0 Å². The van der Waals surface area contributed by atoms with Crippen molar-refractivity contribution in [3.63, 3.8) is 0 Å². The average Bonchev–Trinajstić information content (AvgIpc) is 3.32. The van der Waals surface area contributed by atoms with E-state index in [9.17, 15) is 0 Å². The van der Waals surface area contributed by atoms with E-state index in [1.54, 1.807) is 6.33 Å². The van der Waals surface area contributed by atoms with Gasteiger partial charge in [-0.05, 0) is 31.4 Å². The van der Waals surface area contributed by atoms with Gasteiger partial charge in [0.1, 0.15) is 17.9 Å². The van der Waals surface area contributed by atoms with Crippen molar-refractivity contribution >= 4 is 5.82 Å². The van der Waals surface area contributed by atoms with Crippen molar-refractivity contribution in [2.45, 2.75) is 38.7 Å². The highest BCUT2D eigenvalue weighted by Gasteiger charge is 2.23. The Morgan fingerprint density at radius 2 is 2.14 bits per heavy atom. The summed E-state index contributed by atoms with van der Waals surface area (Å²) in [5.74, 6) is 1.84. The minimum Gasteiger partial charge on any atom is -0.490 e. The molecule has 1 saturated carbocycles. The second-order valence-electron chi connectivity index (χ2n) is 5.39. The topological polar surface area (TPSA) is 47.0 Å². The summed E-state index contributed by atoms with van der Waals surface area (Å²) in [6.45, 7) is 2.17. The largest absolute Gasteiger partial charge is 0.490 e. The Morgan fingerprint density at radius 1 is 1.29 bits per heavy atom. The Hall–Kier alpha value is -2.10. The van der Waals surface area contributed by atoms with E-state index in [4.69, 9.17) is 4.74 Å². The van der Waals surface area contributed by atoms with Gasteiger partial charge < -0.3 is 10.1 Å². The highest BCUT2D eigenvalue weighted by Crippen LogP contribution is 2.32. The molecule has 1 aliphatic carbocycles. The summed E-state index contributed by atoms with van der Waals surface area (Å²) in [5, 5.41) is 3.17. The number of ether oxygens (including phenoxy) is 1. The summed E-state index contributed by atoms with van der Waals surface area (Å²) in [4.78, 5) is 8.83. The van der Waals surface area contributed by atoms with E-state index in [0.29, 0.717) is 6.10 Å². The maximum absolute atomic E-state index is 5.88. The fourth-order valence-corrected chi connectivity index (χ4v) is 2.46. The smallest absolute Gasteiger partial charge is 0.132 e. The third-order valence-corrected chi connectivity index (χ3v) is 3.62. The molecule has 0 amide bonds. The second-order valence-corrected chi connectivity index (χ2v) is 5.39. The number of nitrogens with zero attached hydrogens (tertiary/aromatic N) is 2. The maximum Gasteiger partial charge on any atom is 0.132 e. The number of hydrogen-bond acceptors (Lipinski definition) is 4. The minimum absolute atomic E-state index is 0.411. The molecule has 1 heterocycles. The van der Waals surface area contributed by atoms with Crippen LogP contribution in [-0.2, 0) is 6.42 Å². The Morgan fingerprint density at radius 3 is 2.86 bits per heavy atom. The van der Waals surface area contributed by atoms with Crippen molar-refractivity contribution in [1.29, 1.82) is 0 Å². The summed E-state index contributed by atoms with van der Waals surface area (Å²) < 4.78 is 5.88. The molecule has 0 saturated heterocycles. The van der Waals surface area contributed by atoms with Gasteiger partial charge in [-0.1, -0.05) is 25.5 Å². The van der Waals surface area contributed by atoms with Crippen LogP contribution in [0.1, 0.15) is 31.7 Å². The van der Waals surface area contributed by atoms with Gasteiger partial charge in [-0.2, -0.15) is 0 Å². The van der Waals surface area contributed by atoms with E-state index in [1.807, 2.05) is 19.2 Å². The Kier molecular flexibility index (Phi) is 4.04. The van der Waals surface area contributed by atoms with Crippen molar-refractivity contribution in [3.8, 4) is 17.0 Å². The van der Waals surface area contributed by atoms with Crippen LogP contribution in [0.3, 0.4) is 0 Å². The van der Waals surface area contributed by atoms with Gasteiger partial charge in [0.15, 0.2) is 0 Å². The first-order valence-electron chi connectivity index (χ1n) is 7.60. The third kappa shape index (κ3) is 3.15. The lowest BCUT2D eigenvalue weighted by molar-refractivity contribution is 0.303. The Bertz CT molecular complexity index is 623. The Balaban J connectivity index is 1.98. The van der Waals surface area contributed by atoms with Crippen LogP contribution in [0.4, 0.5) is 5.82 Å². The molecule has 4 heteroatoms. The number of benzene rings is 1. The molecule has 21 heavy (non-hydrogen) atoms. The minimum atomic E-state index is 0.411. The van der Waals surface area contributed by atoms with E-state index in [0.717, 1.165) is 35.7 Å². The molecule has 0 radical (unpaired) electrons. The molecule has 1 aliphatic rings. The third-order valence-electron chi connectivity index (χ3n) is 3.62. The standard InChI is InChI=1S/C17H21N3O/c1-3-5-15-16(19-11-20-17(15)18-2)12-6-4-7-14(10-12)21-13-8-9-13/h4,6-7,10-11,13H,3,5,8-9H2,1-2H3,(H,18,19,20). The molecule has 0 unspecified atom stereocenters. The number of hydrogen-bond donors (Lipinski definition) is 1. The molecule has 0 atom stereocenters. The van der Waals surface area contributed by atoms with Crippen molar-refractivity contribution in [2.24, 2.45) is 0 Å². The van der Waals surface area contributed by atoms with Crippen LogP contribution in [0, 0.1) is 0 Å². The SMILES string of the molecule is CCCc1c(NC)ncnc1-c1cccc(OC2CC2)c1. The first kappa shape index (κ1) is 13.9. The lowest BCUT2D eigenvalue weighted by atomic mass is 10.0. The zero-order valence-corrected chi connectivity index (χ0v) is 12.6. The van der Waals surface area contributed by atoms with Crippen LogP contribution in [0.25, 0.3) is 11.3 Å². The van der Waals surface area contributed by atoms with E-state index in [2.05, 4.69) is 34.3 Å². The summed E-state index contributed by atoms with van der Waals surface area (Å²) in [6, 6.07) is 8.21. The molecule has 0 aliphatic heterocycles. The molecule has 1 aromatic heterocycles. The van der Waals surface area contributed by atoms with Gasteiger partial charge in [0, 0.05) is 18.2 Å². The molecule has 2 aromatic rings. The molecule has 110 valence electrons. The molecule has 1 N–H and O–H groups in total. The normalized spacial score (nSPS) is 14.0. The fourth-order valence-electron chi connectivity index (χ4n) is 2.46. The fraction of sp³-hybridized carbons (Fsp3) is 0.412. The van der Waals surface area contributed by atoms with E-state index in [1.165, 1.54) is 18.4 Å². The molecular formula is C17H21N3O. The Labute approximate surface area is 125 Å². The number of rotatable bonds is 6.